The van der Waals surface area contributed by atoms with Crippen molar-refractivity contribution in [2.45, 2.75) is 17.4 Å². The maximum atomic E-state index is 14.7. The fourth-order valence-corrected chi connectivity index (χ4v) is 5.12. The van der Waals surface area contributed by atoms with Crippen molar-refractivity contribution in [1.29, 1.82) is 0 Å². The highest BCUT2D eigenvalue weighted by Crippen LogP contribution is 2.46. The molecule has 3 amide bonds. The molecule has 34 heavy (non-hydrogen) atoms. The van der Waals surface area contributed by atoms with Crippen LogP contribution in [0, 0.1) is 11.7 Å². The van der Waals surface area contributed by atoms with Gasteiger partial charge in [-0.3, -0.25) is 19.1 Å². The Kier molecular flexibility index (Phi) is 6.35. The molecule has 3 aromatic rings. The number of amides is 3. The van der Waals surface area contributed by atoms with Gasteiger partial charge < -0.3 is 16.0 Å². The minimum Gasteiger partial charge on any atom is -0.355 e. The summed E-state index contributed by atoms with van der Waals surface area (Å²) in [4.78, 5) is 38.3. The third kappa shape index (κ3) is 4.91. The summed E-state index contributed by atoms with van der Waals surface area (Å²) >= 11 is 0. The van der Waals surface area contributed by atoms with E-state index in [1.54, 1.807) is 35.1 Å². The molecule has 0 unspecified atom stereocenters. The summed E-state index contributed by atoms with van der Waals surface area (Å²) in [5, 5.41) is 13.2. The van der Waals surface area contributed by atoms with E-state index >= 15 is 0 Å². The van der Waals surface area contributed by atoms with Crippen molar-refractivity contribution in [3.05, 3.63) is 54.0 Å². The number of aryl methyl sites for hydroxylation is 1. The number of carbonyl (C=O) groups is 3. The molecule has 1 aromatic heterocycles. The molecule has 2 aromatic carbocycles. The lowest BCUT2D eigenvalue weighted by molar-refractivity contribution is -0.129. The van der Waals surface area contributed by atoms with E-state index in [1.165, 1.54) is 6.07 Å². The molecule has 4 rings (SSSR count). The lowest BCUT2D eigenvalue weighted by Crippen LogP contribution is -2.40. The van der Waals surface area contributed by atoms with E-state index in [-0.39, 0.29) is 24.7 Å². The van der Waals surface area contributed by atoms with E-state index in [9.17, 15) is 18.8 Å². The van der Waals surface area contributed by atoms with Crippen molar-refractivity contribution in [3.8, 4) is 0 Å². The second-order valence-electron chi connectivity index (χ2n) is 9.20. The average Bonchev–Trinajstić information content (AvgIpc) is 3.36. The van der Waals surface area contributed by atoms with E-state index < -0.39 is 33.8 Å². The van der Waals surface area contributed by atoms with Gasteiger partial charge in [0.05, 0.1) is 17.6 Å². The number of benzene rings is 2. The Morgan fingerprint density at radius 2 is 1.97 bits per heavy atom. The fraction of sp³-hybridized carbons (Fsp3) is 0.333. The van der Waals surface area contributed by atoms with Gasteiger partial charge in [0, 0.05) is 36.0 Å². The molecule has 0 radical (unpaired) electrons. The summed E-state index contributed by atoms with van der Waals surface area (Å²) in [6, 6.07) is 8.97. The monoisotopic (exact) mass is 485 g/mol. The summed E-state index contributed by atoms with van der Waals surface area (Å²) in [6.45, 7) is 0.225. The molecule has 0 aliphatic carbocycles. The minimum atomic E-state index is -1.27. The zero-order valence-corrected chi connectivity index (χ0v) is 20.3. The van der Waals surface area contributed by atoms with Crippen molar-refractivity contribution in [3.63, 3.8) is 0 Å². The van der Waals surface area contributed by atoms with Gasteiger partial charge in [0.1, 0.15) is 11.9 Å². The normalized spacial score (nSPS) is 17.3. The number of nitrogens with one attached hydrogen (secondary N) is 3. The summed E-state index contributed by atoms with van der Waals surface area (Å²) in [5.74, 6) is -2.05. The first-order chi connectivity index (χ1) is 16.0. The molecular formula is C24H28FN5O3S. The topological polar surface area (TPSA) is 105 Å². The van der Waals surface area contributed by atoms with E-state index in [2.05, 4.69) is 21.0 Å². The summed E-state index contributed by atoms with van der Waals surface area (Å²) in [5.41, 5.74) is 1.73. The fourth-order valence-electron chi connectivity index (χ4n) is 4.00. The van der Waals surface area contributed by atoms with Crippen LogP contribution in [0.2, 0.25) is 0 Å². The van der Waals surface area contributed by atoms with Crippen LogP contribution in [0.25, 0.3) is 10.9 Å². The highest BCUT2D eigenvalue weighted by atomic mass is 32.3. The van der Waals surface area contributed by atoms with Gasteiger partial charge in [-0.05, 0) is 54.7 Å². The Morgan fingerprint density at radius 1 is 1.21 bits per heavy atom. The van der Waals surface area contributed by atoms with E-state index in [1.807, 2.05) is 31.9 Å². The third-order valence-electron chi connectivity index (χ3n) is 5.86. The van der Waals surface area contributed by atoms with E-state index in [0.717, 1.165) is 10.9 Å². The maximum absolute atomic E-state index is 14.7. The molecule has 1 fully saturated rings. The number of nitrogens with zero attached hydrogens (tertiary/aromatic N) is 2. The predicted molar refractivity (Wildman–Crippen MR) is 131 cm³/mol. The first kappa shape index (κ1) is 23.7. The van der Waals surface area contributed by atoms with Crippen LogP contribution in [0.1, 0.15) is 18.0 Å². The molecule has 0 bridgehead atoms. The summed E-state index contributed by atoms with van der Waals surface area (Å²) in [6.07, 6.45) is 7.73. The molecule has 2 atom stereocenters. The molecule has 180 valence electrons. The Hall–Kier alpha value is -3.40. The molecule has 0 spiro atoms. The van der Waals surface area contributed by atoms with Crippen molar-refractivity contribution >= 4 is 44.3 Å². The molecule has 0 saturated carbocycles. The van der Waals surface area contributed by atoms with E-state index in [4.69, 9.17) is 0 Å². The SMILES string of the molecule is Cn1ncc2cc([C@@H](NC(=O)[C@@H]3CNC(=O)C3)C(=O)Nc3ccc(S(C)(C)C)c(F)c3)ccc21. The van der Waals surface area contributed by atoms with Crippen LogP contribution in [0.5, 0.6) is 0 Å². The largest absolute Gasteiger partial charge is 0.355 e. The van der Waals surface area contributed by atoms with Gasteiger partial charge >= 0.3 is 0 Å². The first-order valence-electron chi connectivity index (χ1n) is 10.8. The number of hydrogen-bond acceptors (Lipinski definition) is 4. The second-order valence-corrected chi connectivity index (χ2v) is 13.3. The third-order valence-corrected chi connectivity index (χ3v) is 7.51. The van der Waals surface area contributed by atoms with Gasteiger partial charge in [-0.15, -0.1) is 0 Å². The Morgan fingerprint density at radius 3 is 2.62 bits per heavy atom. The van der Waals surface area contributed by atoms with Gasteiger partial charge in [-0.25, -0.2) is 14.4 Å². The molecule has 1 saturated heterocycles. The van der Waals surface area contributed by atoms with Crippen molar-refractivity contribution in [1.82, 2.24) is 20.4 Å². The van der Waals surface area contributed by atoms with Crippen LogP contribution in [0.4, 0.5) is 10.1 Å². The maximum Gasteiger partial charge on any atom is 0.251 e. The zero-order chi connectivity index (χ0) is 24.6. The summed E-state index contributed by atoms with van der Waals surface area (Å²) in [7, 11) is 0.542. The number of anilines is 1. The Labute approximate surface area is 198 Å². The number of halogens is 1. The number of aromatic nitrogens is 2. The predicted octanol–water partition coefficient (Wildman–Crippen LogP) is 2.70. The van der Waals surface area contributed by atoms with Gasteiger partial charge in [0.25, 0.3) is 5.91 Å². The number of carbonyl (C=O) groups excluding carboxylic acids is 3. The highest BCUT2D eigenvalue weighted by molar-refractivity contribution is 8.32. The smallest absolute Gasteiger partial charge is 0.251 e. The second kappa shape index (κ2) is 9.09. The molecule has 2 heterocycles. The van der Waals surface area contributed by atoms with Crippen LogP contribution in [0.3, 0.4) is 0 Å². The number of rotatable bonds is 6. The van der Waals surface area contributed by atoms with Crippen LogP contribution >= 0.6 is 10.0 Å². The van der Waals surface area contributed by atoms with Crippen LogP contribution in [-0.4, -0.2) is 52.8 Å². The first-order valence-corrected chi connectivity index (χ1v) is 13.7. The Balaban J connectivity index is 1.62. The zero-order valence-electron chi connectivity index (χ0n) is 19.5. The summed E-state index contributed by atoms with van der Waals surface area (Å²) < 4.78 is 16.4. The molecular weight excluding hydrogens is 457 g/mol. The quantitative estimate of drug-likeness (QED) is 0.499. The lowest BCUT2D eigenvalue weighted by atomic mass is 10.0. The molecule has 8 nitrogen and oxygen atoms in total. The molecule has 3 N–H and O–H groups in total. The van der Waals surface area contributed by atoms with Gasteiger partial charge in [0.15, 0.2) is 0 Å². The number of hydrogen-bond donors (Lipinski definition) is 3. The van der Waals surface area contributed by atoms with Gasteiger partial charge in [0.2, 0.25) is 11.8 Å². The van der Waals surface area contributed by atoms with Crippen molar-refractivity contribution in [2.24, 2.45) is 13.0 Å². The molecule has 1 aliphatic rings. The Bertz CT molecular complexity index is 1280. The van der Waals surface area contributed by atoms with Gasteiger partial charge in [-0.2, -0.15) is 5.10 Å². The molecule has 1 aliphatic heterocycles. The van der Waals surface area contributed by atoms with Crippen molar-refractivity contribution < 1.29 is 18.8 Å². The molecule has 10 heteroatoms. The van der Waals surface area contributed by atoms with Crippen molar-refractivity contribution in [2.75, 3.05) is 30.6 Å². The number of fused-ring (bicyclic) bond motifs is 1. The highest BCUT2D eigenvalue weighted by Gasteiger charge is 2.32. The van der Waals surface area contributed by atoms with Crippen LogP contribution < -0.4 is 16.0 Å². The van der Waals surface area contributed by atoms with E-state index in [0.29, 0.717) is 16.1 Å². The lowest BCUT2D eigenvalue weighted by Gasteiger charge is -2.26. The standard InChI is InChI=1S/C24H28FN5O3S/c1-30-19-7-5-14(9-15(19)13-27-30)22(29-23(32)16-10-21(31)26-12-16)24(33)28-17-6-8-20(18(25)11-17)34(2,3)4/h5-9,11,13,16,22H,10,12H2,1-4H3,(H,26,31)(H,28,33)(H,29,32)/t16-,22+/m0/s1. The van der Waals surface area contributed by atoms with Crippen LogP contribution in [0.15, 0.2) is 47.5 Å². The average molecular weight is 486 g/mol. The van der Waals surface area contributed by atoms with Crippen LogP contribution in [-0.2, 0) is 21.4 Å². The van der Waals surface area contributed by atoms with Gasteiger partial charge in [-0.1, -0.05) is 6.07 Å². The minimum absolute atomic E-state index is 0.0730.